The SMILES string of the molecule is C=C(CCc1nc(N2C[C@@H](C)O[C@@H](c3cnn(C4CC4)c3)C2)cc2nc(C)cnc12)C(F)(F)F. The Morgan fingerprint density at radius 1 is 1.21 bits per heavy atom. The van der Waals surface area contributed by atoms with E-state index >= 15 is 0 Å². The summed E-state index contributed by atoms with van der Waals surface area (Å²) < 4.78 is 47.2. The van der Waals surface area contributed by atoms with Crippen LogP contribution in [0.1, 0.15) is 55.3 Å². The third kappa shape index (κ3) is 4.77. The van der Waals surface area contributed by atoms with Crippen LogP contribution in [0.3, 0.4) is 0 Å². The van der Waals surface area contributed by atoms with Gasteiger partial charge in [-0.05, 0) is 39.5 Å². The van der Waals surface area contributed by atoms with Crippen LogP contribution >= 0.6 is 0 Å². The van der Waals surface area contributed by atoms with Gasteiger partial charge in [-0.25, -0.2) is 9.97 Å². The Bertz CT molecular complexity index is 1220. The summed E-state index contributed by atoms with van der Waals surface area (Å²) in [6, 6.07) is 2.35. The van der Waals surface area contributed by atoms with Crippen LogP contribution in [0.15, 0.2) is 36.8 Å². The van der Waals surface area contributed by atoms with Crippen molar-refractivity contribution in [3.05, 3.63) is 53.8 Å². The first-order valence-corrected chi connectivity index (χ1v) is 11.5. The number of hydrogen-bond acceptors (Lipinski definition) is 6. The second-order valence-corrected chi connectivity index (χ2v) is 9.23. The fraction of sp³-hybridized carbons (Fsp3) is 0.500. The maximum Gasteiger partial charge on any atom is 0.412 e. The number of halogens is 3. The Labute approximate surface area is 195 Å². The van der Waals surface area contributed by atoms with Gasteiger partial charge >= 0.3 is 6.18 Å². The minimum atomic E-state index is -4.42. The van der Waals surface area contributed by atoms with Gasteiger partial charge in [-0.1, -0.05) is 6.58 Å². The quantitative estimate of drug-likeness (QED) is 0.476. The fourth-order valence-electron chi connectivity index (χ4n) is 4.29. The monoisotopic (exact) mass is 472 g/mol. The number of rotatable bonds is 6. The van der Waals surface area contributed by atoms with Crippen molar-refractivity contribution in [1.82, 2.24) is 24.7 Å². The van der Waals surface area contributed by atoms with Crippen molar-refractivity contribution in [2.75, 3.05) is 18.0 Å². The molecule has 180 valence electrons. The minimum absolute atomic E-state index is 0.0578. The Morgan fingerprint density at radius 2 is 2.00 bits per heavy atom. The zero-order valence-corrected chi connectivity index (χ0v) is 19.2. The summed E-state index contributed by atoms with van der Waals surface area (Å²) in [5, 5.41) is 4.49. The van der Waals surface area contributed by atoms with Crippen molar-refractivity contribution in [3.8, 4) is 0 Å². The number of hydrogen-bond donors (Lipinski definition) is 0. The van der Waals surface area contributed by atoms with Crippen LogP contribution in [-0.4, -0.2) is 50.1 Å². The number of fused-ring (bicyclic) bond motifs is 1. The van der Waals surface area contributed by atoms with Crippen molar-refractivity contribution >= 4 is 16.9 Å². The van der Waals surface area contributed by atoms with E-state index in [0.29, 0.717) is 41.7 Å². The zero-order valence-electron chi connectivity index (χ0n) is 19.2. The van der Waals surface area contributed by atoms with Gasteiger partial charge in [-0.2, -0.15) is 18.3 Å². The van der Waals surface area contributed by atoms with Crippen LogP contribution in [0.25, 0.3) is 11.0 Å². The number of allylic oxidation sites excluding steroid dienone is 1. The highest BCUT2D eigenvalue weighted by atomic mass is 19.4. The molecule has 0 amide bonds. The predicted molar refractivity (Wildman–Crippen MR) is 122 cm³/mol. The molecule has 0 radical (unpaired) electrons. The molecule has 0 spiro atoms. The number of morpholine rings is 1. The molecule has 5 rings (SSSR count). The van der Waals surface area contributed by atoms with Gasteiger partial charge in [-0.15, -0.1) is 0 Å². The lowest BCUT2D eigenvalue weighted by Crippen LogP contribution is -2.43. The summed E-state index contributed by atoms with van der Waals surface area (Å²) in [5.41, 5.74) is 2.60. The van der Waals surface area contributed by atoms with Gasteiger partial charge in [-0.3, -0.25) is 9.67 Å². The molecule has 0 aromatic carbocycles. The van der Waals surface area contributed by atoms with Crippen molar-refractivity contribution in [2.24, 2.45) is 0 Å². The molecule has 1 aliphatic carbocycles. The molecule has 1 saturated heterocycles. The van der Waals surface area contributed by atoms with E-state index in [4.69, 9.17) is 9.72 Å². The fourth-order valence-corrected chi connectivity index (χ4v) is 4.29. The molecule has 1 saturated carbocycles. The van der Waals surface area contributed by atoms with Crippen LogP contribution in [0.2, 0.25) is 0 Å². The number of nitrogens with zero attached hydrogens (tertiary/aromatic N) is 6. The highest BCUT2D eigenvalue weighted by Crippen LogP contribution is 2.36. The summed E-state index contributed by atoms with van der Waals surface area (Å²) in [5.74, 6) is 0.662. The lowest BCUT2D eigenvalue weighted by Gasteiger charge is -2.37. The van der Waals surface area contributed by atoms with Gasteiger partial charge in [0.2, 0.25) is 0 Å². The van der Waals surface area contributed by atoms with Gasteiger partial charge in [0, 0.05) is 36.1 Å². The lowest BCUT2D eigenvalue weighted by atomic mass is 10.1. The van der Waals surface area contributed by atoms with Crippen molar-refractivity contribution in [3.63, 3.8) is 0 Å². The standard InChI is InChI=1S/C24H27F3N6O/c1-14(24(25,26)27)4-7-19-23-20(30-15(2)9-28-23)8-22(31-19)32-11-16(3)34-21(13-32)17-10-29-33(12-17)18-5-6-18/h8-10,12,16,18,21H,1,4-7,11,13H2,2-3H3/t16-,21-/m1/s1. The van der Waals surface area contributed by atoms with E-state index < -0.39 is 11.7 Å². The van der Waals surface area contributed by atoms with Gasteiger partial charge < -0.3 is 9.64 Å². The third-order valence-electron chi connectivity index (χ3n) is 6.27. The van der Waals surface area contributed by atoms with Crippen molar-refractivity contribution in [1.29, 1.82) is 0 Å². The van der Waals surface area contributed by atoms with Gasteiger partial charge in [0.05, 0.1) is 41.8 Å². The summed E-state index contributed by atoms with van der Waals surface area (Å²) >= 11 is 0. The normalized spacial score (nSPS) is 21.3. The molecule has 2 aliphatic rings. The van der Waals surface area contributed by atoms with E-state index in [1.807, 2.05) is 30.8 Å². The lowest BCUT2D eigenvalue weighted by molar-refractivity contribution is -0.0935. The highest BCUT2D eigenvalue weighted by Gasteiger charge is 2.33. The molecule has 34 heavy (non-hydrogen) atoms. The third-order valence-corrected chi connectivity index (χ3v) is 6.27. The maximum absolute atomic E-state index is 13.0. The van der Waals surface area contributed by atoms with Crippen molar-refractivity contribution < 1.29 is 17.9 Å². The molecule has 0 unspecified atom stereocenters. The predicted octanol–water partition coefficient (Wildman–Crippen LogP) is 4.88. The molecule has 0 bridgehead atoms. The van der Waals surface area contributed by atoms with E-state index in [0.717, 1.165) is 24.1 Å². The number of aromatic nitrogens is 5. The Hall–Kier alpha value is -3.01. The van der Waals surface area contributed by atoms with Crippen LogP contribution in [-0.2, 0) is 11.2 Å². The molecule has 3 aromatic heterocycles. The Kier molecular flexibility index (Phi) is 5.79. The highest BCUT2D eigenvalue weighted by molar-refractivity contribution is 5.79. The summed E-state index contributed by atoms with van der Waals surface area (Å²) in [6.45, 7) is 8.21. The van der Waals surface area contributed by atoms with Gasteiger partial charge in [0.15, 0.2) is 0 Å². The average molecular weight is 473 g/mol. The smallest absolute Gasteiger partial charge is 0.367 e. The maximum atomic E-state index is 13.0. The van der Waals surface area contributed by atoms with Crippen LogP contribution in [0.5, 0.6) is 0 Å². The number of anilines is 1. The molecular weight excluding hydrogens is 445 g/mol. The second kappa shape index (κ2) is 8.65. The molecule has 2 atom stereocenters. The molecule has 2 fully saturated rings. The van der Waals surface area contributed by atoms with Crippen LogP contribution in [0, 0.1) is 6.92 Å². The summed E-state index contributed by atoms with van der Waals surface area (Å²) in [7, 11) is 0. The largest absolute Gasteiger partial charge is 0.412 e. The molecule has 1 aliphatic heterocycles. The van der Waals surface area contributed by atoms with Crippen LogP contribution in [0.4, 0.5) is 19.0 Å². The van der Waals surface area contributed by atoms with Crippen LogP contribution < -0.4 is 4.90 Å². The summed E-state index contributed by atoms with van der Waals surface area (Å²) in [4.78, 5) is 15.9. The zero-order chi connectivity index (χ0) is 24.0. The second-order valence-electron chi connectivity index (χ2n) is 9.23. The molecule has 4 heterocycles. The first-order valence-electron chi connectivity index (χ1n) is 11.5. The topological polar surface area (TPSA) is 69.0 Å². The minimum Gasteiger partial charge on any atom is -0.367 e. The molecule has 3 aromatic rings. The Morgan fingerprint density at radius 3 is 2.74 bits per heavy atom. The number of ether oxygens (including phenoxy) is 1. The number of aryl methyl sites for hydroxylation is 2. The van der Waals surface area contributed by atoms with E-state index in [2.05, 4.69) is 32.7 Å². The van der Waals surface area contributed by atoms with Crippen molar-refractivity contribution in [2.45, 2.75) is 64.0 Å². The molecular formula is C24H27F3N6O. The van der Waals surface area contributed by atoms with E-state index in [-0.39, 0.29) is 25.0 Å². The Balaban J connectivity index is 1.44. The average Bonchev–Trinajstić information content (AvgIpc) is 3.52. The summed E-state index contributed by atoms with van der Waals surface area (Å²) in [6.07, 6.45) is 3.00. The number of pyridine rings is 1. The van der Waals surface area contributed by atoms with Gasteiger partial charge in [0.25, 0.3) is 0 Å². The van der Waals surface area contributed by atoms with E-state index in [1.54, 1.807) is 6.20 Å². The van der Waals surface area contributed by atoms with E-state index in [9.17, 15) is 13.2 Å². The first-order chi connectivity index (χ1) is 16.2. The van der Waals surface area contributed by atoms with E-state index in [1.165, 1.54) is 0 Å². The number of alkyl halides is 3. The first kappa shape index (κ1) is 22.8. The molecule has 10 heteroatoms. The molecule has 0 N–H and O–H groups in total. The van der Waals surface area contributed by atoms with Gasteiger partial charge in [0.1, 0.15) is 17.4 Å². The molecule has 7 nitrogen and oxygen atoms in total.